The minimum Gasteiger partial charge on any atom is -0.315 e. The summed E-state index contributed by atoms with van der Waals surface area (Å²) in [6.45, 7) is 1.88. The second kappa shape index (κ2) is 7.38. The number of fused-ring (bicyclic) bond motifs is 1. The molecule has 0 spiro atoms. The Hall–Kier alpha value is -2.10. The molecule has 0 bridgehead atoms. The van der Waals surface area contributed by atoms with E-state index in [4.69, 9.17) is 0 Å². The van der Waals surface area contributed by atoms with E-state index in [0.717, 1.165) is 17.0 Å². The van der Waals surface area contributed by atoms with Gasteiger partial charge in [0.1, 0.15) is 5.82 Å². The molecular weight excluding hydrogens is 385 g/mol. The number of carbonyl (C=O) groups excluding carboxylic acids is 2. The highest BCUT2D eigenvalue weighted by Gasteiger charge is 2.48. The average molecular weight is 408 g/mol. The molecule has 0 radical (unpaired) electrons. The summed E-state index contributed by atoms with van der Waals surface area (Å²) in [5.74, 6) is -1.17. The van der Waals surface area contributed by atoms with E-state index in [1.165, 1.54) is 21.3 Å². The van der Waals surface area contributed by atoms with E-state index < -0.39 is 15.8 Å². The van der Waals surface area contributed by atoms with Crippen LogP contribution < -0.4 is 4.90 Å². The van der Waals surface area contributed by atoms with Gasteiger partial charge < -0.3 is 4.90 Å². The number of imide groups is 1. The number of nitrogens with zero attached hydrogens (tertiary/aromatic N) is 2. The topological polar surface area (TPSA) is 79.2 Å². The molecule has 0 saturated carbocycles. The molecule has 1 N–H and O–H groups in total. The lowest BCUT2D eigenvalue weighted by Crippen LogP contribution is -3.16. The van der Waals surface area contributed by atoms with Crippen LogP contribution in [0.2, 0.25) is 0 Å². The Bertz CT molecular complexity index is 882. The van der Waals surface area contributed by atoms with Crippen LogP contribution in [0.1, 0.15) is 12.8 Å². The SMILES string of the molecule is O=C1[C@H]2CC=CC[C@H]2C(=O)N1C[NH+]1CCN(S(=O)(=O)c2ccc(F)cc2)CC1. The summed E-state index contributed by atoms with van der Waals surface area (Å²) < 4.78 is 39.8. The molecule has 150 valence electrons. The predicted octanol–water partition coefficient (Wildman–Crippen LogP) is -0.376. The van der Waals surface area contributed by atoms with Crippen molar-refractivity contribution < 1.29 is 27.3 Å². The van der Waals surface area contributed by atoms with Crippen molar-refractivity contribution in [3.05, 3.63) is 42.2 Å². The van der Waals surface area contributed by atoms with Gasteiger partial charge in [0.05, 0.1) is 42.9 Å². The number of piperazine rings is 1. The maximum Gasteiger partial charge on any atom is 0.243 e. The van der Waals surface area contributed by atoms with E-state index >= 15 is 0 Å². The van der Waals surface area contributed by atoms with Crippen molar-refractivity contribution in [3.63, 3.8) is 0 Å². The lowest BCUT2D eigenvalue weighted by molar-refractivity contribution is -0.910. The van der Waals surface area contributed by atoms with Crippen LogP contribution in [0.5, 0.6) is 0 Å². The van der Waals surface area contributed by atoms with Crippen LogP contribution in [-0.2, 0) is 19.6 Å². The minimum absolute atomic E-state index is 0.0684. The summed E-state index contributed by atoms with van der Waals surface area (Å²) >= 11 is 0. The summed E-state index contributed by atoms with van der Waals surface area (Å²) in [4.78, 5) is 27.6. The quantitative estimate of drug-likeness (QED) is 0.544. The van der Waals surface area contributed by atoms with E-state index in [-0.39, 0.29) is 35.2 Å². The van der Waals surface area contributed by atoms with E-state index in [0.29, 0.717) is 39.0 Å². The normalized spacial score (nSPS) is 26.7. The minimum atomic E-state index is -3.67. The molecule has 2 heterocycles. The van der Waals surface area contributed by atoms with Gasteiger partial charge in [0.25, 0.3) is 0 Å². The third-order valence-corrected chi connectivity index (χ3v) is 7.77. The smallest absolute Gasteiger partial charge is 0.243 e. The van der Waals surface area contributed by atoms with Gasteiger partial charge in [0, 0.05) is 0 Å². The number of amides is 2. The standard InChI is InChI=1S/C19H22FN3O4S/c20-14-5-7-15(8-6-14)28(26,27)22-11-9-21(10-12-22)13-23-18(24)16-3-1-2-4-17(16)19(23)25/h1-2,5-8,16-17H,3-4,9-13H2/p+1/t16-,17+. The number of rotatable bonds is 4. The van der Waals surface area contributed by atoms with Gasteiger partial charge in [-0.05, 0) is 37.1 Å². The Kier molecular flexibility index (Phi) is 5.07. The Morgan fingerprint density at radius 3 is 2.04 bits per heavy atom. The van der Waals surface area contributed by atoms with Crippen molar-refractivity contribution in [1.29, 1.82) is 0 Å². The largest absolute Gasteiger partial charge is 0.315 e. The van der Waals surface area contributed by atoms with E-state index in [1.807, 2.05) is 12.2 Å². The third kappa shape index (κ3) is 3.38. The first-order valence-electron chi connectivity index (χ1n) is 9.47. The van der Waals surface area contributed by atoms with Gasteiger partial charge in [-0.15, -0.1) is 0 Å². The Morgan fingerprint density at radius 1 is 0.964 bits per heavy atom. The number of hydrogen-bond acceptors (Lipinski definition) is 4. The van der Waals surface area contributed by atoms with Crippen LogP contribution in [0.25, 0.3) is 0 Å². The maximum atomic E-state index is 13.1. The molecular formula is C19H23FN3O4S+. The average Bonchev–Trinajstić information content (AvgIpc) is 2.94. The number of quaternary nitrogens is 1. The Labute approximate surface area is 163 Å². The molecule has 1 aromatic carbocycles. The van der Waals surface area contributed by atoms with Crippen LogP contribution in [0, 0.1) is 17.7 Å². The molecule has 28 heavy (non-hydrogen) atoms. The van der Waals surface area contributed by atoms with Crippen molar-refractivity contribution >= 4 is 21.8 Å². The summed E-state index contributed by atoms with van der Waals surface area (Å²) in [6, 6.07) is 4.79. The van der Waals surface area contributed by atoms with Crippen LogP contribution in [0.15, 0.2) is 41.3 Å². The van der Waals surface area contributed by atoms with Gasteiger partial charge in [0.15, 0.2) is 6.67 Å². The first kappa shape index (κ1) is 19.2. The van der Waals surface area contributed by atoms with Crippen molar-refractivity contribution in [1.82, 2.24) is 9.21 Å². The highest BCUT2D eigenvalue weighted by atomic mass is 32.2. The van der Waals surface area contributed by atoms with E-state index in [9.17, 15) is 22.4 Å². The highest BCUT2D eigenvalue weighted by Crippen LogP contribution is 2.34. The van der Waals surface area contributed by atoms with Crippen molar-refractivity contribution in [2.45, 2.75) is 17.7 Å². The number of benzene rings is 1. The molecule has 0 aromatic heterocycles. The van der Waals surface area contributed by atoms with Crippen molar-refractivity contribution in [2.24, 2.45) is 11.8 Å². The summed E-state index contributed by atoms with van der Waals surface area (Å²) in [7, 11) is -3.67. The first-order valence-corrected chi connectivity index (χ1v) is 10.9. The van der Waals surface area contributed by atoms with Crippen LogP contribution in [0.4, 0.5) is 4.39 Å². The van der Waals surface area contributed by atoms with Gasteiger partial charge >= 0.3 is 0 Å². The maximum absolute atomic E-state index is 13.1. The van der Waals surface area contributed by atoms with E-state index in [2.05, 4.69) is 0 Å². The van der Waals surface area contributed by atoms with Gasteiger partial charge in [-0.25, -0.2) is 17.7 Å². The molecule has 3 aliphatic rings. The predicted molar refractivity (Wildman–Crippen MR) is 97.9 cm³/mol. The zero-order chi connectivity index (χ0) is 19.9. The zero-order valence-corrected chi connectivity index (χ0v) is 16.2. The fourth-order valence-electron chi connectivity index (χ4n) is 4.20. The van der Waals surface area contributed by atoms with Crippen molar-refractivity contribution in [2.75, 3.05) is 32.8 Å². The number of sulfonamides is 1. The number of hydrogen-bond donors (Lipinski definition) is 1. The molecule has 2 saturated heterocycles. The fraction of sp³-hybridized carbons (Fsp3) is 0.474. The molecule has 9 heteroatoms. The summed E-state index contributed by atoms with van der Waals surface area (Å²) in [6.07, 6.45) is 5.15. The molecule has 1 aromatic rings. The molecule has 1 aliphatic carbocycles. The van der Waals surface area contributed by atoms with Gasteiger partial charge in [-0.1, -0.05) is 12.2 Å². The summed E-state index contributed by atoms with van der Waals surface area (Å²) in [5, 5.41) is 0. The fourth-order valence-corrected chi connectivity index (χ4v) is 5.65. The molecule has 0 unspecified atom stereocenters. The van der Waals surface area contributed by atoms with Gasteiger partial charge in [0.2, 0.25) is 21.8 Å². The third-order valence-electron chi connectivity index (χ3n) is 5.86. The first-order chi connectivity index (χ1) is 13.4. The molecule has 7 nitrogen and oxygen atoms in total. The monoisotopic (exact) mass is 408 g/mol. The Balaban J connectivity index is 1.38. The Morgan fingerprint density at radius 2 is 1.50 bits per heavy atom. The van der Waals surface area contributed by atoms with E-state index in [1.54, 1.807) is 0 Å². The lowest BCUT2D eigenvalue weighted by Gasteiger charge is -2.33. The lowest BCUT2D eigenvalue weighted by atomic mass is 9.85. The molecule has 2 amide bonds. The number of carbonyl (C=O) groups is 2. The molecule has 2 atom stereocenters. The summed E-state index contributed by atoms with van der Waals surface area (Å²) in [5.41, 5.74) is 0. The van der Waals surface area contributed by atoms with Gasteiger partial charge in [-0.3, -0.25) is 9.59 Å². The number of allylic oxidation sites excluding steroid dienone is 2. The van der Waals surface area contributed by atoms with Gasteiger partial charge in [-0.2, -0.15) is 4.31 Å². The zero-order valence-electron chi connectivity index (χ0n) is 15.4. The van der Waals surface area contributed by atoms with Crippen LogP contribution >= 0.6 is 0 Å². The highest BCUT2D eigenvalue weighted by molar-refractivity contribution is 7.89. The van der Waals surface area contributed by atoms with Crippen molar-refractivity contribution in [3.8, 4) is 0 Å². The number of halogens is 1. The second-order valence-corrected chi connectivity index (χ2v) is 9.46. The van der Waals surface area contributed by atoms with Crippen LogP contribution in [0.3, 0.4) is 0 Å². The number of likely N-dealkylation sites (tertiary alicyclic amines) is 1. The second-order valence-electron chi connectivity index (χ2n) is 7.53. The molecule has 2 fully saturated rings. The molecule has 4 rings (SSSR count). The molecule has 2 aliphatic heterocycles. The number of nitrogens with one attached hydrogen (secondary N) is 1. The van der Waals surface area contributed by atoms with Crippen LogP contribution in [-0.4, -0.2) is 62.3 Å².